The molecule has 0 saturated heterocycles. The molecule has 0 spiro atoms. The molecule has 5 heteroatoms. The molecule has 0 bridgehead atoms. The zero-order valence-corrected chi connectivity index (χ0v) is 26.9. The van der Waals surface area contributed by atoms with Gasteiger partial charge in [0.25, 0.3) is 0 Å². The SMILES string of the molecule is CC1=[C-]C2=CC(C)N(c3ccccc3)C2=C1.CC1=[C-]C2=CC(C)N(c3ccccc3)C2=C1.C[C](C)=[Zr+2].[Cl-].[Cl-]. The molecule has 196 valence electrons. The molecular weight excluding hydrogens is 587 g/mol. The Morgan fingerprint density at radius 1 is 0.658 bits per heavy atom. The van der Waals surface area contributed by atoms with E-state index in [4.69, 9.17) is 0 Å². The average Bonchev–Trinajstić information content (AvgIpc) is 3.52. The number of para-hydroxylation sites is 2. The maximum atomic E-state index is 3.39. The van der Waals surface area contributed by atoms with Crippen LogP contribution in [0.15, 0.2) is 119 Å². The summed E-state index contributed by atoms with van der Waals surface area (Å²) in [6, 6.07) is 21.9. The molecule has 2 atom stereocenters. The Kier molecular flexibility index (Phi) is 12.0. The van der Waals surface area contributed by atoms with Gasteiger partial charge in [0.15, 0.2) is 0 Å². The van der Waals surface area contributed by atoms with Crippen LogP contribution < -0.4 is 34.6 Å². The van der Waals surface area contributed by atoms with E-state index >= 15 is 0 Å². The largest absolute Gasteiger partial charge is 1.00 e. The molecule has 2 nitrogen and oxygen atoms in total. The predicted molar refractivity (Wildman–Crippen MR) is 150 cm³/mol. The van der Waals surface area contributed by atoms with Gasteiger partial charge in [-0.1, -0.05) is 61.6 Å². The topological polar surface area (TPSA) is 6.48 Å². The number of anilines is 2. The third-order valence-electron chi connectivity index (χ3n) is 6.14. The minimum absolute atomic E-state index is 0. The fourth-order valence-corrected chi connectivity index (χ4v) is 4.84. The third-order valence-corrected chi connectivity index (χ3v) is 6.14. The van der Waals surface area contributed by atoms with E-state index in [1.165, 1.54) is 48.3 Å². The minimum atomic E-state index is 0. The molecule has 38 heavy (non-hydrogen) atoms. The van der Waals surface area contributed by atoms with E-state index in [0.29, 0.717) is 12.1 Å². The number of benzene rings is 2. The first-order chi connectivity index (χ1) is 17.2. The van der Waals surface area contributed by atoms with Crippen molar-refractivity contribution < 1.29 is 49.0 Å². The molecule has 2 aliphatic carbocycles. The van der Waals surface area contributed by atoms with Crippen LogP contribution in [-0.2, 0) is 24.2 Å². The molecule has 2 unspecified atom stereocenters. The number of nitrogens with zero attached hydrogens (tertiary/aromatic N) is 2. The first-order valence-corrected chi connectivity index (χ1v) is 13.8. The number of halogens is 2. The Bertz CT molecular complexity index is 1220. The van der Waals surface area contributed by atoms with Crippen molar-refractivity contribution in [2.24, 2.45) is 0 Å². The van der Waals surface area contributed by atoms with Crippen molar-refractivity contribution in [3.05, 3.63) is 131 Å². The maximum Gasteiger partial charge on any atom is -1.00 e. The number of rotatable bonds is 2. The summed E-state index contributed by atoms with van der Waals surface area (Å²) in [6.45, 7) is 12.9. The van der Waals surface area contributed by atoms with Crippen LogP contribution in [0.1, 0.15) is 41.5 Å². The van der Waals surface area contributed by atoms with Gasteiger partial charge in [-0.3, -0.25) is 0 Å². The van der Waals surface area contributed by atoms with Crippen molar-refractivity contribution in [3.63, 3.8) is 0 Å². The molecule has 0 saturated carbocycles. The van der Waals surface area contributed by atoms with Crippen LogP contribution in [0.2, 0.25) is 0 Å². The van der Waals surface area contributed by atoms with Crippen LogP contribution in [0.4, 0.5) is 11.4 Å². The summed E-state index contributed by atoms with van der Waals surface area (Å²) < 4.78 is 1.51. The minimum Gasteiger partial charge on any atom is -1.00 e. The molecule has 0 radical (unpaired) electrons. The van der Waals surface area contributed by atoms with Gasteiger partial charge >= 0.3 is 41.3 Å². The second-order valence-corrected chi connectivity index (χ2v) is 12.2. The fraction of sp³-hybridized carbons (Fsp3) is 0.242. The molecular formula is C33H34Cl2N2Zr-2. The Labute approximate surface area is 256 Å². The van der Waals surface area contributed by atoms with Crippen molar-refractivity contribution in [3.8, 4) is 0 Å². The maximum absolute atomic E-state index is 3.39. The summed E-state index contributed by atoms with van der Waals surface area (Å²) in [5.41, 5.74) is 10.0. The summed E-state index contributed by atoms with van der Waals surface area (Å²) in [6.07, 6.45) is 15.7. The Morgan fingerprint density at radius 2 is 0.974 bits per heavy atom. The van der Waals surface area contributed by atoms with Crippen LogP contribution in [0.3, 0.4) is 0 Å². The second kappa shape index (κ2) is 14.3. The van der Waals surface area contributed by atoms with E-state index < -0.39 is 0 Å². The molecule has 2 aliphatic heterocycles. The van der Waals surface area contributed by atoms with Crippen molar-refractivity contribution in [2.75, 3.05) is 9.80 Å². The van der Waals surface area contributed by atoms with Gasteiger partial charge in [0.1, 0.15) is 0 Å². The molecule has 0 N–H and O–H groups in total. The second-order valence-electron chi connectivity index (χ2n) is 9.73. The van der Waals surface area contributed by atoms with Crippen molar-refractivity contribution in [2.45, 2.75) is 53.6 Å². The van der Waals surface area contributed by atoms with E-state index in [2.05, 4.69) is 148 Å². The molecule has 0 fully saturated rings. The van der Waals surface area contributed by atoms with E-state index in [1.807, 2.05) is 0 Å². The predicted octanol–water partition coefficient (Wildman–Crippen LogP) is 1.69. The van der Waals surface area contributed by atoms with E-state index in [-0.39, 0.29) is 24.8 Å². The molecule has 2 heterocycles. The van der Waals surface area contributed by atoms with Crippen LogP contribution in [0, 0.1) is 12.2 Å². The molecule has 0 amide bonds. The molecule has 0 aromatic heterocycles. The molecule has 6 rings (SSSR count). The number of allylic oxidation sites excluding steroid dienone is 6. The van der Waals surface area contributed by atoms with Gasteiger partial charge in [-0.05, 0) is 38.1 Å². The van der Waals surface area contributed by atoms with Crippen molar-refractivity contribution in [1.29, 1.82) is 0 Å². The Morgan fingerprint density at radius 3 is 1.29 bits per heavy atom. The summed E-state index contributed by atoms with van der Waals surface area (Å²) in [7, 11) is 0. The van der Waals surface area contributed by atoms with E-state index in [0.717, 1.165) is 0 Å². The zero-order valence-electron chi connectivity index (χ0n) is 22.9. The summed E-state index contributed by atoms with van der Waals surface area (Å²) in [5, 5.41) is 0. The molecule has 4 aliphatic rings. The molecule has 2 aromatic rings. The summed E-state index contributed by atoms with van der Waals surface area (Å²) in [5.74, 6) is 0. The Hall–Kier alpha value is -2.19. The van der Waals surface area contributed by atoms with Crippen molar-refractivity contribution >= 4 is 14.6 Å². The van der Waals surface area contributed by atoms with Gasteiger partial charge in [0, 0.05) is 23.5 Å². The summed E-state index contributed by atoms with van der Waals surface area (Å²) >= 11 is 1.55. The van der Waals surface area contributed by atoms with Gasteiger partial charge in [0.2, 0.25) is 0 Å². The van der Waals surface area contributed by atoms with Gasteiger partial charge in [-0.2, -0.15) is 0 Å². The van der Waals surface area contributed by atoms with Gasteiger partial charge in [-0.25, -0.2) is 0 Å². The zero-order chi connectivity index (χ0) is 25.8. The van der Waals surface area contributed by atoms with E-state index in [9.17, 15) is 0 Å². The quantitative estimate of drug-likeness (QED) is 0.472. The number of fused-ring (bicyclic) bond motifs is 2. The van der Waals surface area contributed by atoms with E-state index in [1.54, 1.807) is 24.2 Å². The van der Waals surface area contributed by atoms with Crippen molar-refractivity contribution in [1.82, 2.24) is 0 Å². The van der Waals surface area contributed by atoms with Crippen LogP contribution in [0.25, 0.3) is 0 Å². The standard InChI is InChI=1S/2C15H14N.C3H6.2ClH.Zr/c2*1-11-8-13-10-12(2)16(15(13)9-11)14-6-4-3-5-7-14;1-3-2;;;/h2*3-7,9-10,12H,1-2H3;1-2H3;2*1H;/q2*-1;;;;+2/p-2. The van der Waals surface area contributed by atoms with Crippen LogP contribution in [0.5, 0.6) is 0 Å². The smallest absolute Gasteiger partial charge is 1.00 e. The normalized spacial score (nSPS) is 19.9. The van der Waals surface area contributed by atoms with Gasteiger partial charge in [0.05, 0.1) is 0 Å². The monoisotopic (exact) mass is 618 g/mol. The van der Waals surface area contributed by atoms with Gasteiger partial charge in [-0.15, -0.1) is 58.7 Å². The molecule has 2 aromatic carbocycles. The third kappa shape index (κ3) is 7.47. The first kappa shape index (κ1) is 32.0. The summed E-state index contributed by atoms with van der Waals surface area (Å²) in [4.78, 5) is 4.72. The number of hydrogen-bond donors (Lipinski definition) is 0. The Balaban J connectivity index is 0.000000224. The average molecular weight is 621 g/mol. The van der Waals surface area contributed by atoms with Crippen LogP contribution >= 0.6 is 0 Å². The first-order valence-electron chi connectivity index (χ1n) is 12.5. The van der Waals surface area contributed by atoms with Crippen LogP contribution in [-0.4, -0.2) is 15.3 Å². The number of hydrogen-bond acceptors (Lipinski definition) is 2. The van der Waals surface area contributed by atoms with Gasteiger partial charge < -0.3 is 34.6 Å². The fourth-order valence-electron chi connectivity index (χ4n) is 4.84.